The molecule has 0 saturated heterocycles. The number of fused-ring (bicyclic) bond motifs is 5. The lowest BCUT2D eigenvalue weighted by Crippen LogP contribution is -2.34. The normalized spacial score (nSPS) is 14.9. The van der Waals surface area contributed by atoms with Crippen molar-refractivity contribution in [2.45, 2.75) is 5.41 Å². The summed E-state index contributed by atoms with van der Waals surface area (Å²) < 4.78 is 72.9. The SMILES string of the molecule is [2H]c1c([2H])c([2H])c2c(c1[2H])Oc1c([2H])c([2H])c(-c3ccc(-c4ccc5c(c4)c4ccccc4n5-c4ccccc4)cc3)c([2H])c1C2(c1ccccc1)c1ccccc1. The van der Waals surface area contributed by atoms with Crippen LogP contribution in [0.2, 0.25) is 0 Å². The molecule has 0 fully saturated rings. The van der Waals surface area contributed by atoms with Gasteiger partial charge in [0, 0.05) is 27.6 Å². The molecule has 2 nitrogen and oxygen atoms in total. The smallest absolute Gasteiger partial charge is 0.132 e. The predicted octanol–water partition coefficient (Wildman–Crippen LogP) is 12.6. The molecule has 1 aliphatic rings. The zero-order valence-corrected chi connectivity index (χ0v) is 27.4. The van der Waals surface area contributed by atoms with E-state index in [-0.39, 0.29) is 52.4 Å². The van der Waals surface area contributed by atoms with Crippen molar-refractivity contribution in [3.63, 3.8) is 0 Å². The summed E-state index contributed by atoms with van der Waals surface area (Å²) in [5, 5.41) is 2.26. The van der Waals surface area contributed by atoms with Crippen molar-refractivity contribution in [3.05, 3.63) is 222 Å². The third-order valence-electron chi connectivity index (χ3n) is 9.99. The number of ether oxygens (including phenoxy) is 1. The van der Waals surface area contributed by atoms with Gasteiger partial charge in [-0.05, 0) is 81.8 Å². The first-order valence-corrected chi connectivity index (χ1v) is 16.9. The van der Waals surface area contributed by atoms with Gasteiger partial charge in [0.2, 0.25) is 0 Å². The van der Waals surface area contributed by atoms with E-state index in [4.69, 9.17) is 8.85 Å². The molecule has 1 aliphatic heterocycles. The van der Waals surface area contributed by atoms with Crippen LogP contribution in [0.4, 0.5) is 0 Å². The summed E-state index contributed by atoms with van der Waals surface area (Å²) in [6, 6.07) is 49.3. The molecule has 0 atom stereocenters. The van der Waals surface area contributed by atoms with E-state index >= 15 is 0 Å². The van der Waals surface area contributed by atoms with E-state index in [1.54, 1.807) is 0 Å². The molecule has 0 spiro atoms. The predicted molar refractivity (Wildman–Crippen MR) is 210 cm³/mol. The highest BCUT2D eigenvalue weighted by molar-refractivity contribution is 6.10. The third kappa shape index (κ3) is 4.57. The maximum absolute atomic E-state index is 10.00. The van der Waals surface area contributed by atoms with Crippen molar-refractivity contribution in [2.24, 2.45) is 0 Å². The molecule has 0 aliphatic carbocycles. The molecule has 8 aromatic carbocycles. The first-order chi connectivity index (χ1) is 28.2. The Kier molecular flexibility index (Phi) is 5.28. The minimum atomic E-state index is -1.51. The van der Waals surface area contributed by atoms with Crippen molar-refractivity contribution in [1.82, 2.24) is 4.57 Å². The molecule has 0 unspecified atom stereocenters. The van der Waals surface area contributed by atoms with Crippen molar-refractivity contribution >= 4 is 21.8 Å². The monoisotopic (exact) mass is 658 g/mol. The van der Waals surface area contributed by atoms with Gasteiger partial charge in [-0.2, -0.15) is 0 Å². The van der Waals surface area contributed by atoms with Crippen LogP contribution in [0, 0.1) is 0 Å². The second kappa shape index (κ2) is 11.8. The van der Waals surface area contributed by atoms with Crippen LogP contribution in [0.15, 0.2) is 200 Å². The maximum Gasteiger partial charge on any atom is 0.132 e. The van der Waals surface area contributed by atoms with Gasteiger partial charge in [-0.1, -0.05) is 152 Å². The van der Waals surface area contributed by atoms with Gasteiger partial charge in [0.25, 0.3) is 0 Å². The highest BCUT2D eigenvalue weighted by atomic mass is 16.5. The van der Waals surface area contributed by atoms with E-state index in [9.17, 15) is 5.48 Å². The highest BCUT2D eigenvalue weighted by Gasteiger charge is 2.45. The van der Waals surface area contributed by atoms with Crippen molar-refractivity contribution in [3.8, 4) is 39.4 Å². The summed E-state index contributed by atoms with van der Waals surface area (Å²) in [5.41, 5.74) is 6.18. The first kappa shape index (κ1) is 22.9. The summed E-state index contributed by atoms with van der Waals surface area (Å²) in [6.07, 6.45) is 0. The van der Waals surface area contributed by atoms with Gasteiger partial charge in [0.05, 0.1) is 26.0 Å². The van der Waals surface area contributed by atoms with Crippen LogP contribution >= 0.6 is 0 Å². The van der Waals surface area contributed by atoms with Gasteiger partial charge >= 0.3 is 0 Å². The molecule has 10 rings (SSSR count). The average Bonchev–Trinajstić information content (AvgIpc) is 3.61. The van der Waals surface area contributed by atoms with Crippen LogP contribution in [-0.4, -0.2) is 4.57 Å². The van der Waals surface area contributed by atoms with Gasteiger partial charge in [-0.25, -0.2) is 0 Å². The number of rotatable bonds is 5. The average molecular weight is 659 g/mol. The molecule has 2 heterocycles. The minimum Gasteiger partial charge on any atom is -0.457 e. The van der Waals surface area contributed by atoms with Gasteiger partial charge in [-0.15, -0.1) is 0 Å². The fourth-order valence-corrected chi connectivity index (χ4v) is 7.71. The third-order valence-corrected chi connectivity index (χ3v) is 9.99. The van der Waals surface area contributed by atoms with Crippen LogP contribution in [0.5, 0.6) is 11.5 Å². The second-order valence-corrected chi connectivity index (χ2v) is 12.7. The molecule has 9 aromatic rings. The van der Waals surface area contributed by atoms with E-state index in [1.807, 2.05) is 103 Å². The second-order valence-electron chi connectivity index (χ2n) is 12.7. The maximum atomic E-state index is 10.00. The van der Waals surface area contributed by atoms with Gasteiger partial charge < -0.3 is 9.30 Å². The molecule has 240 valence electrons. The Hall–Kier alpha value is -6.64. The Labute approximate surface area is 307 Å². The fourth-order valence-electron chi connectivity index (χ4n) is 7.71. The van der Waals surface area contributed by atoms with Crippen molar-refractivity contribution in [2.75, 3.05) is 0 Å². The molecule has 0 amide bonds. The van der Waals surface area contributed by atoms with Crippen molar-refractivity contribution < 1.29 is 14.3 Å². The Morgan fingerprint density at radius 3 is 1.75 bits per heavy atom. The number of aromatic nitrogens is 1. The van der Waals surface area contributed by atoms with Crippen LogP contribution < -0.4 is 4.74 Å². The van der Waals surface area contributed by atoms with E-state index in [0.29, 0.717) is 16.7 Å². The standard InChI is InChI=1S/C49H33NO/c1-4-14-38(15-5-1)49(39-16-6-2-7-17-39)43-21-11-13-23-47(43)51-48-31-29-37(33-44(48)49)35-26-24-34(25-27-35)36-28-30-46-42(32-36)41-20-10-12-22-45(41)50(46)40-18-8-3-9-19-40/h1-33H/i11D,13D,21D,23D,29D,31D,33D. The van der Waals surface area contributed by atoms with E-state index < -0.39 is 23.5 Å². The summed E-state index contributed by atoms with van der Waals surface area (Å²) in [6.45, 7) is 0. The molecule has 1 aromatic heterocycles. The lowest BCUT2D eigenvalue weighted by atomic mass is 9.63. The number of hydrogen-bond acceptors (Lipinski definition) is 1. The first-order valence-electron chi connectivity index (χ1n) is 20.4. The molecule has 51 heavy (non-hydrogen) atoms. The molecule has 0 saturated carbocycles. The van der Waals surface area contributed by atoms with Gasteiger partial charge in [0.15, 0.2) is 0 Å². The number of para-hydroxylation sites is 3. The van der Waals surface area contributed by atoms with Crippen LogP contribution in [-0.2, 0) is 5.41 Å². The van der Waals surface area contributed by atoms with Crippen molar-refractivity contribution in [1.29, 1.82) is 0 Å². The lowest BCUT2D eigenvalue weighted by molar-refractivity contribution is 0.434. The van der Waals surface area contributed by atoms with E-state index in [1.165, 1.54) is 0 Å². The largest absolute Gasteiger partial charge is 0.457 e. The minimum absolute atomic E-state index is 0.0651. The topological polar surface area (TPSA) is 14.2 Å². The Balaban J connectivity index is 1.18. The number of benzene rings is 8. The summed E-state index contributed by atoms with van der Waals surface area (Å²) in [4.78, 5) is 0. The zero-order valence-electron chi connectivity index (χ0n) is 34.4. The van der Waals surface area contributed by atoms with Crippen LogP contribution in [0.1, 0.15) is 31.8 Å². The Bertz CT molecular complexity index is 3050. The molecule has 0 radical (unpaired) electrons. The van der Waals surface area contributed by atoms with Gasteiger partial charge in [0.1, 0.15) is 11.5 Å². The van der Waals surface area contributed by atoms with E-state index in [2.05, 4.69) is 59.2 Å². The Morgan fingerprint density at radius 2 is 1.02 bits per heavy atom. The number of hydrogen-bond donors (Lipinski definition) is 0. The lowest BCUT2D eigenvalue weighted by Gasteiger charge is -2.41. The molecule has 2 heteroatoms. The molecule has 0 N–H and O–H groups in total. The summed E-state index contributed by atoms with van der Waals surface area (Å²) >= 11 is 0. The summed E-state index contributed by atoms with van der Waals surface area (Å²) in [7, 11) is 0. The Morgan fingerprint density at radius 1 is 0.451 bits per heavy atom. The molecular formula is C49H33NO. The molecule has 0 bridgehead atoms. The van der Waals surface area contributed by atoms with Crippen LogP contribution in [0.25, 0.3) is 49.7 Å². The highest BCUT2D eigenvalue weighted by Crippen LogP contribution is 2.55. The summed E-state index contributed by atoms with van der Waals surface area (Å²) in [5.74, 6) is -0.206. The number of nitrogens with zero attached hydrogens (tertiary/aromatic N) is 1. The quantitative estimate of drug-likeness (QED) is 0.179. The van der Waals surface area contributed by atoms with Crippen LogP contribution in [0.3, 0.4) is 0 Å². The van der Waals surface area contributed by atoms with E-state index in [0.717, 1.165) is 38.6 Å². The fraction of sp³-hybridized carbons (Fsp3) is 0.0204. The zero-order chi connectivity index (χ0) is 39.9. The molecular weight excluding hydrogens is 619 g/mol. The van der Waals surface area contributed by atoms with Gasteiger partial charge in [-0.3, -0.25) is 0 Å².